The Bertz CT molecular complexity index is 1050. The molecular weight excluding hydrogens is 382 g/mol. The molecule has 4 nitrogen and oxygen atoms in total. The van der Waals surface area contributed by atoms with E-state index in [9.17, 15) is 0 Å². The van der Waals surface area contributed by atoms with E-state index in [0.717, 1.165) is 36.6 Å². The summed E-state index contributed by atoms with van der Waals surface area (Å²) in [4.78, 5) is 6.27. The summed E-state index contributed by atoms with van der Waals surface area (Å²) >= 11 is 0. The van der Waals surface area contributed by atoms with Crippen molar-refractivity contribution >= 4 is 5.69 Å². The summed E-state index contributed by atoms with van der Waals surface area (Å²) in [7, 11) is 2.12. The molecule has 31 heavy (non-hydrogen) atoms. The van der Waals surface area contributed by atoms with Crippen LogP contribution in [-0.4, -0.2) is 23.5 Å². The van der Waals surface area contributed by atoms with Crippen LogP contribution < -0.4 is 5.32 Å². The van der Waals surface area contributed by atoms with Crippen LogP contribution in [-0.2, 0) is 13.1 Å². The highest BCUT2D eigenvalue weighted by atomic mass is 16.3. The maximum absolute atomic E-state index is 5.40. The van der Waals surface area contributed by atoms with Crippen LogP contribution in [0.25, 0.3) is 11.3 Å². The molecule has 0 saturated heterocycles. The van der Waals surface area contributed by atoms with Gasteiger partial charge in [0.15, 0.2) is 12.2 Å². The summed E-state index contributed by atoms with van der Waals surface area (Å²) in [6.07, 6.45) is 7.26. The number of nitrogens with zero attached hydrogens (tertiary/aromatic N) is 2. The molecule has 0 aliphatic heterocycles. The highest BCUT2D eigenvalue weighted by Crippen LogP contribution is 2.20. The molecule has 0 saturated carbocycles. The number of likely N-dealkylation sites (N-methyl/N-ethyl adjacent to an activating group) is 1. The quantitative estimate of drug-likeness (QED) is 0.461. The average molecular weight is 414 g/mol. The van der Waals surface area contributed by atoms with Gasteiger partial charge >= 0.3 is 0 Å². The molecule has 0 radical (unpaired) electrons. The van der Waals surface area contributed by atoms with Gasteiger partial charge in [0.25, 0.3) is 0 Å². The van der Waals surface area contributed by atoms with Crippen molar-refractivity contribution in [1.29, 1.82) is 0 Å². The third-order valence-corrected chi connectivity index (χ3v) is 4.59. The van der Waals surface area contributed by atoms with Crippen LogP contribution in [0.3, 0.4) is 0 Å². The van der Waals surface area contributed by atoms with Gasteiger partial charge in [-0.15, -0.1) is 0 Å². The topological polar surface area (TPSA) is 41.3 Å². The fourth-order valence-electron chi connectivity index (χ4n) is 3.10. The van der Waals surface area contributed by atoms with Gasteiger partial charge in [0.1, 0.15) is 0 Å². The number of rotatable bonds is 8. The molecule has 2 aromatic carbocycles. The maximum atomic E-state index is 5.40. The van der Waals surface area contributed by atoms with Gasteiger partial charge in [-0.1, -0.05) is 48.2 Å². The number of allylic oxidation sites excluding steroid dienone is 1. The van der Waals surface area contributed by atoms with Gasteiger partial charge in [-0.3, -0.25) is 4.90 Å². The molecule has 0 atom stereocenters. The molecule has 4 heteroatoms. The first-order chi connectivity index (χ1) is 14.9. The van der Waals surface area contributed by atoms with Crippen molar-refractivity contribution in [3.05, 3.63) is 84.4 Å². The van der Waals surface area contributed by atoms with Gasteiger partial charge < -0.3 is 9.73 Å². The van der Waals surface area contributed by atoms with Crippen LogP contribution in [0.4, 0.5) is 5.69 Å². The van der Waals surface area contributed by atoms with Crippen molar-refractivity contribution < 1.29 is 4.42 Å². The molecule has 1 aromatic heterocycles. The van der Waals surface area contributed by atoms with Crippen LogP contribution in [0.1, 0.15) is 31.9 Å². The highest BCUT2D eigenvalue weighted by molar-refractivity contribution is 5.57. The number of hydrogen-bond acceptors (Lipinski definition) is 4. The van der Waals surface area contributed by atoms with E-state index in [4.69, 9.17) is 4.42 Å². The fourth-order valence-corrected chi connectivity index (χ4v) is 3.10. The van der Waals surface area contributed by atoms with Gasteiger partial charge in [0, 0.05) is 36.3 Å². The van der Waals surface area contributed by atoms with Gasteiger partial charge in [-0.25, -0.2) is 4.98 Å². The van der Waals surface area contributed by atoms with Gasteiger partial charge in [0.2, 0.25) is 0 Å². The van der Waals surface area contributed by atoms with Gasteiger partial charge in [-0.2, -0.15) is 0 Å². The summed E-state index contributed by atoms with van der Waals surface area (Å²) in [5.74, 6) is 7.12. The standard InChI is InChI=1S/C27H31N3O/c1-27(2,3)14-6-5-7-15-30(4)20-23-11-9-13-25(17-23)29-18-22-10-8-12-24(16-22)26-19-28-21-31-26/h5,7-13,16-17,19,21,29H,15,18,20H2,1-4H3. The molecule has 0 fully saturated rings. The second kappa shape index (κ2) is 10.7. The first-order valence-electron chi connectivity index (χ1n) is 10.6. The lowest BCUT2D eigenvalue weighted by molar-refractivity contribution is 0.363. The minimum atomic E-state index is 0.0426. The summed E-state index contributed by atoms with van der Waals surface area (Å²) in [5, 5.41) is 3.52. The Kier molecular flexibility index (Phi) is 7.70. The number of nitrogens with one attached hydrogen (secondary N) is 1. The second-order valence-electron chi connectivity index (χ2n) is 8.74. The number of oxazole rings is 1. The molecule has 3 rings (SSSR count). The number of hydrogen-bond donors (Lipinski definition) is 1. The largest absolute Gasteiger partial charge is 0.444 e. The average Bonchev–Trinajstić information content (AvgIpc) is 3.27. The lowest BCUT2D eigenvalue weighted by Gasteiger charge is -2.15. The Morgan fingerprint density at radius 1 is 1.10 bits per heavy atom. The SMILES string of the molecule is CN(CC=CC#CC(C)(C)C)Cc1cccc(NCc2cccc(-c3cnco3)c2)c1. The third-order valence-electron chi connectivity index (χ3n) is 4.59. The molecule has 0 aliphatic carbocycles. The maximum Gasteiger partial charge on any atom is 0.181 e. The van der Waals surface area contributed by atoms with Gasteiger partial charge in [-0.05, 0) is 63.2 Å². The van der Waals surface area contributed by atoms with E-state index in [0.29, 0.717) is 0 Å². The molecule has 0 aliphatic rings. The molecule has 0 amide bonds. The Hall–Kier alpha value is -3.29. The predicted molar refractivity (Wildman–Crippen MR) is 128 cm³/mol. The van der Waals surface area contributed by atoms with E-state index >= 15 is 0 Å². The lowest BCUT2D eigenvalue weighted by atomic mass is 9.98. The van der Waals surface area contributed by atoms with Gasteiger partial charge in [0.05, 0.1) is 6.20 Å². The zero-order chi connectivity index (χ0) is 22.1. The molecular formula is C27H31N3O. The van der Waals surface area contributed by atoms with Crippen molar-refractivity contribution in [2.75, 3.05) is 18.9 Å². The zero-order valence-corrected chi connectivity index (χ0v) is 18.9. The van der Waals surface area contributed by atoms with Crippen LogP contribution in [0.15, 0.2) is 77.7 Å². The Morgan fingerprint density at radius 3 is 2.68 bits per heavy atom. The molecule has 0 bridgehead atoms. The normalized spacial score (nSPS) is 11.5. The van der Waals surface area contributed by atoms with Crippen LogP contribution in [0.5, 0.6) is 0 Å². The van der Waals surface area contributed by atoms with Crippen molar-refractivity contribution in [3.63, 3.8) is 0 Å². The van der Waals surface area contributed by atoms with Crippen LogP contribution >= 0.6 is 0 Å². The van der Waals surface area contributed by atoms with E-state index in [1.165, 1.54) is 17.5 Å². The lowest BCUT2D eigenvalue weighted by Crippen LogP contribution is -2.17. The smallest absolute Gasteiger partial charge is 0.181 e. The summed E-state index contributed by atoms with van der Waals surface area (Å²) < 4.78 is 5.40. The molecule has 3 aromatic rings. The number of anilines is 1. The molecule has 1 heterocycles. The second-order valence-corrected chi connectivity index (χ2v) is 8.74. The van der Waals surface area contributed by atoms with E-state index in [1.54, 1.807) is 6.20 Å². The first kappa shape index (κ1) is 22.4. The van der Waals surface area contributed by atoms with Crippen molar-refractivity contribution in [3.8, 4) is 23.2 Å². The molecule has 0 spiro atoms. The minimum absolute atomic E-state index is 0.0426. The van der Waals surface area contributed by atoms with Crippen molar-refractivity contribution in [2.45, 2.75) is 33.9 Å². The Morgan fingerprint density at radius 2 is 1.90 bits per heavy atom. The molecule has 0 unspecified atom stereocenters. The summed E-state index contributed by atoms with van der Waals surface area (Å²) in [5.41, 5.74) is 4.66. The predicted octanol–water partition coefficient (Wildman–Crippen LogP) is 5.99. The third kappa shape index (κ3) is 7.81. The van der Waals surface area contributed by atoms with E-state index in [2.05, 4.69) is 97.3 Å². The van der Waals surface area contributed by atoms with Crippen molar-refractivity contribution in [1.82, 2.24) is 9.88 Å². The summed E-state index contributed by atoms with van der Waals surface area (Å²) in [6, 6.07) is 16.9. The number of benzene rings is 2. The van der Waals surface area contributed by atoms with Crippen molar-refractivity contribution in [2.24, 2.45) is 5.41 Å². The Balaban J connectivity index is 1.53. The fraction of sp³-hybridized carbons (Fsp3) is 0.296. The molecule has 160 valence electrons. The van der Waals surface area contributed by atoms with Crippen LogP contribution in [0, 0.1) is 17.3 Å². The first-order valence-corrected chi connectivity index (χ1v) is 10.6. The van der Waals surface area contributed by atoms with E-state index in [-0.39, 0.29) is 5.41 Å². The zero-order valence-electron chi connectivity index (χ0n) is 18.9. The van der Waals surface area contributed by atoms with E-state index < -0.39 is 0 Å². The molecule has 1 N–H and O–H groups in total. The monoisotopic (exact) mass is 413 g/mol. The minimum Gasteiger partial charge on any atom is -0.444 e. The summed E-state index contributed by atoms with van der Waals surface area (Å²) in [6.45, 7) is 8.85. The highest BCUT2D eigenvalue weighted by Gasteiger charge is 2.04. The van der Waals surface area contributed by atoms with E-state index in [1.807, 2.05) is 18.2 Å². The Labute approximate surface area is 186 Å². The number of aromatic nitrogens is 1. The van der Waals surface area contributed by atoms with Crippen LogP contribution in [0.2, 0.25) is 0 Å².